The van der Waals surface area contributed by atoms with Crippen LogP contribution in [-0.4, -0.2) is 39.8 Å². The fourth-order valence-electron chi connectivity index (χ4n) is 4.44. The molecule has 2 aromatic carbocycles. The molecule has 8 nitrogen and oxygen atoms in total. The first-order chi connectivity index (χ1) is 19.2. The van der Waals surface area contributed by atoms with E-state index in [1.807, 2.05) is 20.8 Å². The van der Waals surface area contributed by atoms with Gasteiger partial charge in [-0.2, -0.15) is 8.78 Å². The van der Waals surface area contributed by atoms with Crippen LogP contribution in [0.1, 0.15) is 64.8 Å². The molecule has 0 aliphatic heterocycles. The summed E-state index contributed by atoms with van der Waals surface area (Å²) in [6.07, 6.45) is 1.71. The number of halogens is 2. The van der Waals surface area contributed by atoms with Gasteiger partial charge in [0.15, 0.2) is 5.82 Å². The van der Waals surface area contributed by atoms with E-state index in [1.54, 1.807) is 57.2 Å². The van der Waals surface area contributed by atoms with Crippen molar-refractivity contribution in [3.05, 3.63) is 65.4 Å². The van der Waals surface area contributed by atoms with Crippen LogP contribution in [0.5, 0.6) is 5.75 Å². The van der Waals surface area contributed by atoms with Crippen molar-refractivity contribution in [3.63, 3.8) is 0 Å². The van der Waals surface area contributed by atoms with Crippen molar-refractivity contribution < 1.29 is 32.6 Å². The summed E-state index contributed by atoms with van der Waals surface area (Å²) in [6.45, 7) is 7.86. The van der Waals surface area contributed by atoms with Crippen LogP contribution in [0.25, 0.3) is 11.4 Å². The monoisotopic (exact) mass is 567 g/mol. The van der Waals surface area contributed by atoms with E-state index in [1.165, 1.54) is 17.0 Å². The molecule has 1 amide bonds. The Kier molecular flexibility index (Phi) is 8.60. The van der Waals surface area contributed by atoms with Crippen molar-refractivity contribution in [1.82, 2.24) is 9.97 Å². The number of carbonyl (C=O) groups excluding carboxylic acids is 2. The van der Waals surface area contributed by atoms with Gasteiger partial charge in [-0.15, -0.1) is 0 Å². The molecule has 0 unspecified atom stereocenters. The third-order valence-electron chi connectivity index (χ3n) is 6.00. The molecule has 0 bridgehead atoms. The molecule has 0 N–H and O–H groups in total. The van der Waals surface area contributed by atoms with Crippen molar-refractivity contribution in [2.45, 2.75) is 85.0 Å². The van der Waals surface area contributed by atoms with Gasteiger partial charge in [0.05, 0.1) is 12.1 Å². The molecule has 1 heterocycles. The lowest BCUT2D eigenvalue weighted by atomic mass is 10.1. The van der Waals surface area contributed by atoms with Gasteiger partial charge in [0.1, 0.15) is 22.8 Å². The minimum absolute atomic E-state index is 0.0204. The number of hydrogen-bond acceptors (Lipinski definition) is 7. The Morgan fingerprint density at radius 2 is 1.51 bits per heavy atom. The Morgan fingerprint density at radius 1 is 0.878 bits per heavy atom. The zero-order valence-corrected chi connectivity index (χ0v) is 24.2. The lowest BCUT2D eigenvalue weighted by molar-refractivity contribution is -0.153. The fraction of sp³-hybridized carbons (Fsp3) is 0.419. The molecular formula is C31H35F2N3O5. The van der Waals surface area contributed by atoms with E-state index < -0.39 is 23.9 Å². The first-order valence-corrected chi connectivity index (χ1v) is 13.5. The average molecular weight is 568 g/mol. The summed E-state index contributed by atoms with van der Waals surface area (Å²) < 4.78 is 40.9. The van der Waals surface area contributed by atoms with Crippen molar-refractivity contribution in [2.24, 2.45) is 0 Å². The van der Waals surface area contributed by atoms with E-state index in [2.05, 4.69) is 4.74 Å². The number of aryl methyl sites for hydroxylation is 1. The van der Waals surface area contributed by atoms with E-state index in [0.29, 0.717) is 35.7 Å². The predicted molar refractivity (Wildman–Crippen MR) is 150 cm³/mol. The second-order valence-corrected chi connectivity index (χ2v) is 11.8. The molecule has 4 rings (SSSR count). The maximum absolute atomic E-state index is 13.7. The number of benzene rings is 2. The van der Waals surface area contributed by atoms with Crippen LogP contribution in [0, 0.1) is 0 Å². The standard InChI is InChI=1S/C31H35F2N3O5/c1-30(2,3)40-25(37)18-19-10-14-21(15-11-19)36(29(38)41-31(4,5)6)27-23-8-7-9-24(23)34-26(35-27)20-12-16-22(17-13-20)39-28(32)33/h10-17,28H,7-9,18H2,1-6H3. The molecular weight excluding hydrogens is 532 g/mol. The Morgan fingerprint density at radius 3 is 2.10 bits per heavy atom. The Bertz CT molecular complexity index is 1400. The number of fused-ring (bicyclic) bond motifs is 1. The second-order valence-electron chi connectivity index (χ2n) is 11.8. The summed E-state index contributed by atoms with van der Waals surface area (Å²) in [6, 6.07) is 13.1. The summed E-state index contributed by atoms with van der Waals surface area (Å²) >= 11 is 0. The van der Waals surface area contributed by atoms with Gasteiger partial charge in [-0.25, -0.2) is 19.7 Å². The maximum Gasteiger partial charge on any atom is 0.420 e. The van der Waals surface area contributed by atoms with Crippen molar-refractivity contribution in [3.8, 4) is 17.1 Å². The van der Waals surface area contributed by atoms with E-state index in [9.17, 15) is 18.4 Å². The zero-order valence-electron chi connectivity index (χ0n) is 24.2. The fourth-order valence-corrected chi connectivity index (χ4v) is 4.44. The van der Waals surface area contributed by atoms with Crippen LogP contribution in [0.2, 0.25) is 0 Å². The molecule has 10 heteroatoms. The lowest BCUT2D eigenvalue weighted by Gasteiger charge is -2.28. The van der Waals surface area contributed by atoms with E-state index in [-0.39, 0.29) is 18.1 Å². The van der Waals surface area contributed by atoms with Gasteiger partial charge in [-0.05, 0) is 103 Å². The highest BCUT2D eigenvalue weighted by Crippen LogP contribution is 2.36. The molecule has 0 saturated heterocycles. The molecule has 0 atom stereocenters. The number of alkyl halides is 2. The number of nitrogens with zero attached hydrogens (tertiary/aromatic N) is 3. The summed E-state index contributed by atoms with van der Waals surface area (Å²) in [5.74, 6) is 0.411. The largest absolute Gasteiger partial charge is 0.460 e. The highest BCUT2D eigenvalue weighted by atomic mass is 19.3. The average Bonchev–Trinajstić information content (AvgIpc) is 3.32. The Balaban J connectivity index is 1.74. The minimum Gasteiger partial charge on any atom is -0.460 e. The molecule has 218 valence electrons. The Labute approximate surface area is 238 Å². The van der Waals surface area contributed by atoms with E-state index >= 15 is 0 Å². The quantitative estimate of drug-likeness (QED) is 0.279. The molecule has 3 aromatic rings. The number of aromatic nitrogens is 2. The summed E-state index contributed by atoms with van der Waals surface area (Å²) in [4.78, 5) is 36.9. The number of ether oxygens (including phenoxy) is 3. The smallest absolute Gasteiger partial charge is 0.420 e. The molecule has 41 heavy (non-hydrogen) atoms. The van der Waals surface area contributed by atoms with Crippen molar-refractivity contribution in [1.29, 1.82) is 0 Å². The number of rotatable bonds is 7. The molecule has 1 aromatic heterocycles. The van der Waals surface area contributed by atoms with Crippen LogP contribution in [0.4, 0.5) is 25.1 Å². The van der Waals surface area contributed by atoms with Crippen LogP contribution in [0.15, 0.2) is 48.5 Å². The normalized spacial score (nSPS) is 13.1. The third kappa shape index (κ3) is 7.99. The highest BCUT2D eigenvalue weighted by molar-refractivity contribution is 5.96. The number of hydrogen-bond donors (Lipinski definition) is 0. The second kappa shape index (κ2) is 11.8. The topological polar surface area (TPSA) is 90.9 Å². The molecule has 1 aliphatic carbocycles. The van der Waals surface area contributed by atoms with Gasteiger partial charge < -0.3 is 14.2 Å². The third-order valence-corrected chi connectivity index (χ3v) is 6.00. The minimum atomic E-state index is -2.93. The number of esters is 1. The molecule has 0 spiro atoms. The summed E-state index contributed by atoms with van der Waals surface area (Å²) in [5, 5.41) is 0. The number of anilines is 2. The summed E-state index contributed by atoms with van der Waals surface area (Å²) in [5.41, 5.74) is 2.11. The van der Waals surface area contributed by atoms with Gasteiger partial charge in [0.2, 0.25) is 0 Å². The van der Waals surface area contributed by atoms with Gasteiger partial charge in [-0.3, -0.25) is 4.79 Å². The Hall–Kier alpha value is -4.08. The van der Waals surface area contributed by atoms with Gasteiger partial charge >= 0.3 is 18.7 Å². The highest BCUT2D eigenvalue weighted by Gasteiger charge is 2.31. The van der Waals surface area contributed by atoms with Crippen LogP contribution in [0.3, 0.4) is 0 Å². The first-order valence-electron chi connectivity index (χ1n) is 13.5. The van der Waals surface area contributed by atoms with E-state index in [0.717, 1.165) is 23.2 Å². The van der Waals surface area contributed by atoms with Gasteiger partial charge in [-0.1, -0.05) is 12.1 Å². The molecule has 1 aliphatic rings. The van der Waals surface area contributed by atoms with Gasteiger partial charge in [0, 0.05) is 16.8 Å². The zero-order chi connectivity index (χ0) is 29.9. The lowest BCUT2D eigenvalue weighted by Crippen LogP contribution is -2.35. The van der Waals surface area contributed by atoms with E-state index in [4.69, 9.17) is 19.4 Å². The first kappa shape index (κ1) is 29.9. The van der Waals surface area contributed by atoms with Crippen molar-refractivity contribution in [2.75, 3.05) is 4.90 Å². The van der Waals surface area contributed by atoms with Crippen molar-refractivity contribution >= 4 is 23.6 Å². The number of amides is 1. The SMILES string of the molecule is CC(C)(C)OC(=O)Cc1ccc(N(C(=O)OC(C)(C)C)c2nc(-c3ccc(OC(F)F)cc3)nc3c2CCC3)cc1. The molecule has 0 fully saturated rings. The van der Waals surface area contributed by atoms with Crippen LogP contribution >= 0.6 is 0 Å². The molecule has 0 saturated carbocycles. The van der Waals surface area contributed by atoms with Crippen LogP contribution in [-0.2, 0) is 33.5 Å². The predicted octanol–water partition coefficient (Wildman–Crippen LogP) is 7.19. The molecule has 0 radical (unpaired) electrons. The number of carbonyl (C=O) groups is 2. The summed E-state index contributed by atoms with van der Waals surface area (Å²) in [7, 11) is 0. The van der Waals surface area contributed by atoms with Crippen LogP contribution < -0.4 is 9.64 Å². The maximum atomic E-state index is 13.7. The van der Waals surface area contributed by atoms with Gasteiger partial charge in [0.25, 0.3) is 0 Å².